The topological polar surface area (TPSA) is 0 Å². The van der Waals surface area contributed by atoms with E-state index in [2.05, 4.69) is 36.8 Å². The minimum Gasteiger partial charge on any atom is -0.107 e. The predicted molar refractivity (Wildman–Crippen MR) is 83.4 cm³/mol. The molecule has 0 unspecified atom stereocenters. The van der Waals surface area contributed by atoms with Crippen LogP contribution in [0.5, 0.6) is 0 Å². The fourth-order valence-corrected chi connectivity index (χ4v) is 2.26. The van der Waals surface area contributed by atoms with E-state index in [0.29, 0.717) is 0 Å². The quantitative estimate of drug-likeness (QED) is 0.350. The number of rotatable bonds is 12. The molecule has 0 aliphatic heterocycles. The molecule has 0 fully saturated rings. The van der Waals surface area contributed by atoms with Crippen LogP contribution in [0.15, 0.2) is 23.0 Å². The van der Waals surface area contributed by atoms with Gasteiger partial charge in [-0.05, 0) is 36.5 Å². The molecule has 0 amide bonds. The number of allylic oxidation sites excluding steroid dienone is 2. The fraction of sp³-hybridized carbons (Fsp3) is 0.750. The van der Waals surface area contributed by atoms with Gasteiger partial charge in [0.25, 0.3) is 0 Å². The number of thioether (sulfide) groups is 1. The zero-order valence-electron chi connectivity index (χ0n) is 11.8. The minimum atomic E-state index is 1.25. The van der Waals surface area contributed by atoms with Gasteiger partial charge in [-0.15, -0.1) is 11.8 Å². The Labute approximate surface area is 113 Å². The summed E-state index contributed by atoms with van der Waals surface area (Å²) < 4.78 is 0. The van der Waals surface area contributed by atoms with Gasteiger partial charge in [-0.1, -0.05) is 64.5 Å². The van der Waals surface area contributed by atoms with E-state index in [4.69, 9.17) is 0 Å². The van der Waals surface area contributed by atoms with Crippen molar-refractivity contribution >= 4 is 11.8 Å². The summed E-state index contributed by atoms with van der Waals surface area (Å²) in [6, 6.07) is 0. The molecule has 0 aromatic carbocycles. The molecule has 100 valence electrons. The van der Waals surface area contributed by atoms with E-state index in [1.54, 1.807) is 0 Å². The van der Waals surface area contributed by atoms with Crippen LogP contribution >= 0.6 is 11.8 Å². The van der Waals surface area contributed by atoms with Crippen molar-refractivity contribution in [1.29, 1.82) is 0 Å². The van der Waals surface area contributed by atoms with Crippen LogP contribution in [-0.4, -0.2) is 0 Å². The molecule has 0 aromatic rings. The predicted octanol–water partition coefficient (Wildman–Crippen LogP) is 6.69. The number of hydrogen-bond acceptors (Lipinski definition) is 1. The fourth-order valence-electron chi connectivity index (χ4n) is 1.67. The van der Waals surface area contributed by atoms with Gasteiger partial charge in [0.2, 0.25) is 0 Å². The van der Waals surface area contributed by atoms with Crippen molar-refractivity contribution in [3.05, 3.63) is 23.0 Å². The van der Waals surface area contributed by atoms with Crippen molar-refractivity contribution in [1.82, 2.24) is 0 Å². The van der Waals surface area contributed by atoms with E-state index in [-0.39, 0.29) is 0 Å². The van der Waals surface area contributed by atoms with Gasteiger partial charge in [-0.2, -0.15) is 0 Å². The molecular formula is C16H30S. The molecule has 0 rings (SSSR count). The van der Waals surface area contributed by atoms with Crippen LogP contribution in [0.2, 0.25) is 0 Å². The SMILES string of the molecule is CCCCCC/C=C/S/C=C/CCCCCC. The Morgan fingerprint density at radius 2 is 1.12 bits per heavy atom. The molecule has 0 aliphatic rings. The maximum absolute atomic E-state index is 2.31. The molecule has 0 N–H and O–H groups in total. The van der Waals surface area contributed by atoms with Crippen LogP contribution in [-0.2, 0) is 0 Å². The highest BCUT2D eigenvalue weighted by atomic mass is 32.2. The van der Waals surface area contributed by atoms with Crippen molar-refractivity contribution in [3.63, 3.8) is 0 Å². The Morgan fingerprint density at radius 1 is 0.647 bits per heavy atom. The lowest BCUT2D eigenvalue weighted by molar-refractivity contribution is 0.674. The Hall–Kier alpha value is -0.170. The maximum Gasteiger partial charge on any atom is -0.0288 e. The average Bonchev–Trinajstić information content (AvgIpc) is 2.35. The second kappa shape index (κ2) is 15.8. The molecule has 0 bridgehead atoms. The summed E-state index contributed by atoms with van der Waals surface area (Å²) in [6.45, 7) is 4.52. The zero-order chi connectivity index (χ0) is 12.6. The molecule has 17 heavy (non-hydrogen) atoms. The summed E-state index contributed by atoms with van der Waals surface area (Å²) >= 11 is 1.82. The molecule has 0 aliphatic carbocycles. The van der Waals surface area contributed by atoms with Crippen molar-refractivity contribution < 1.29 is 0 Å². The first-order valence-electron chi connectivity index (χ1n) is 7.37. The molecule has 0 saturated carbocycles. The van der Waals surface area contributed by atoms with Crippen LogP contribution < -0.4 is 0 Å². The Kier molecular flexibility index (Phi) is 15.7. The van der Waals surface area contributed by atoms with E-state index in [9.17, 15) is 0 Å². The molecule has 0 saturated heterocycles. The summed E-state index contributed by atoms with van der Waals surface area (Å²) in [6.07, 6.45) is 18.0. The van der Waals surface area contributed by atoms with E-state index < -0.39 is 0 Å². The third-order valence-electron chi connectivity index (χ3n) is 2.80. The van der Waals surface area contributed by atoms with Crippen molar-refractivity contribution in [2.75, 3.05) is 0 Å². The summed E-state index contributed by atoms with van der Waals surface area (Å²) in [4.78, 5) is 0. The first-order valence-corrected chi connectivity index (χ1v) is 8.31. The maximum atomic E-state index is 2.31. The van der Waals surface area contributed by atoms with Crippen LogP contribution in [0.4, 0.5) is 0 Å². The van der Waals surface area contributed by atoms with E-state index in [1.165, 1.54) is 64.2 Å². The zero-order valence-corrected chi connectivity index (χ0v) is 12.6. The normalized spacial score (nSPS) is 11.9. The van der Waals surface area contributed by atoms with Gasteiger partial charge in [-0.25, -0.2) is 0 Å². The third kappa shape index (κ3) is 15.8. The molecule has 1 heteroatoms. The van der Waals surface area contributed by atoms with Crippen LogP contribution in [0, 0.1) is 0 Å². The van der Waals surface area contributed by atoms with Gasteiger partial charge in [0, 0.05) is 0 Å². The first kappa shape index (κ1) is 16.8. The van der Waals surface area contributed by atoms with E-state index in [1.807, 2.05) is 11.8 Å². The first-order chi connectivity index (χ1) is 8.41. The van der Waals surface area contributed by atoms with Gasteiger partial charge in [-0.3, -0.25) is 0 Å². The van der Waals surface area contributed by atoms with Gasteiger partial charge >= 0.3 is 0 Å². The van der Waals surface area contributed by atoms with Crippen LogP contribution in [0.25, 0.3) is 0 Å². The van der Waals surface area contributed by atoms with Crippen molar-refractivity contribution in [2.24, 2.45) is 0 Å². The Morgan fingerprint density at radius 3 is 1.53 bits per heavy atom. The lowest BCUT2D eigenvalue weighted by Crippen LogP contribution is -1.73. The third-order valence-corrected chi connectivity index (χ3v) is 3.50. The molecule has 0 heterocycles. The second-order valence-electron chi connectivity index (χ2n) is 4.58. The standard InChI is InChI=1S/C16H30S/c1-3-5-7-9-11-13-15-17-16-14-12-10-8-6-4-2/h13-16H,3-12H2,1-2H3/b15-13+,16-14+. The highest BCUT2D eigenvalue weighted by molar-refractivity contribution is 8.04. The summed E-state index contributed by atoms with van der Waals surface area (Å²) in [5, 5.41) is 4.46. The Bertz CT molecular complexity index is 162. The molecule has 0 radical (unpaired) electrons. The molecule has 0 atom stereocenters. The van der Waals surface area contributed by atoms with Gasteiger partial charge in [0.1, 0.15) is 0 Å². The molecule has 0 aromatic heterocycles. The van der Waals surface area contributed by atoms with E-state index in [0.717, 1.165) is 0 Å². The van der Waals surface area contributed by atoms with Crippen LogP contribution in [0.3, 0.4) is 0 Å². The number of hydrogen-bond donors (Lipinski definition) is 0. The smallest absolute Gasteiger partial charge is 0.0288 e. The molecule has 0 nitrogen and oxygen atoms in total. The Balaban J connectivity index is 3.14. The molecular weight excluding hydrogens is 224 g/mol. The van der Waals surface area contributed by atoms with Crippen LogP contribution in [0.1, 0.15) is 78.1 Å². The minimum absolute atomic E-state index is 1.25. The summed E-state index contributed by atoms with van der Waals surface area (Å²) in [7, 11) is 0. The summed E-state index contributed by atoms with van der Waals surface area (Å²) in [5.41, 5.74) is 0. The van der Waals surface area contributed by atoms with Gasteiger partial charge < -0.3 is 0 Å². The highest BCUT2D eigenvalue weighted by Crippen LogP contribution is 2.10. The summed E-state index contributed by atoms with van der Waals surface area (Å²) in [5.74, 6) is 0. The largest absolute Gasteiger partial charge is 0.107 e. The number of unbranched alkanes of at least 4 members (excludes halogenated alkanes) is 8. The monoisotopic (exact) mass is 254 g/mol. The van der Waals surface area contributed by atoms with E-state index >= 15 is 0 Å². The second-order valence-corrected chi connectivity index (χ2v) is 5.39. The van der Waals surface area contributed by atoms with Gasteiger partial charge in [0.15, 0.2) is 0 Å². The van der Waals surface area contributed by atoms with Crippen molar-refractivity contribution in [2.45, 2.75) is 78.1 Å². The van der Waals surface area contributed by atoms with Gasteiger partial charge in [0.05, 0.1) is 0 Å². The lowest BCUT2D eigenvalue weighted by Gasteiger charge is -1.94. The van der Waals surface area contributed by atoms with Crippen molar-refractivity contribution in [3.8, 4) is 0 Å². The highest BCUT2D eigenvalue weighted by Gasteiger charge is 1.85. The molecule has 0 spiro atoms. The average molecular weight is 254 g/mol. The lowest BCUT2D eigenvalue weighted by atomic mass is 10.2.